The second-order valence-electron chi connectivity index (χ2n) is 4.36. The summed E-state index contributed by atoms with van der Waals surface area (Å²) in [5.41, 5.74) is 0.156. The van der Waals surface area contributed by atoms with Gasteiger partial charge in [0.15, 0.2) is 15.6 Å². The predicted octanol–water partition coefficient (Wildman–Crippen LogP) is 0.325. The number of carbonyl (C=O) groups excluding carboxylic acids is 1. The van der Waals surface area contributed by atoms with Gasteiger partial charge in [0.2, 0.25) is 0 Å². The number of nitrogens with zero attached hydrogens (tertiary/aromatic N) is 3. The van der Waals surface area contributed by atoms with Gasteiger partial charge in [-0.2, -0.15) is 5.10 Å². The highest BCUT2D eigenvalue weighted by Gasteiger charge is 2.21. The Bertz CT molecular complexity index is 537. The van der Waals surface area contributed by atoms with Crippen LogP contribution in [0.15, 0.2) is 6.20 Å². The lowest BCUT2D eigenvalue weighted by molar-refractivity contribution is 0.101. The molecule has 0 N–H and O–H groups in total. The molecule has 6 nitrogen and oxygen atoms in total. The number of rotatable bonds is 6. The molecule has 0 aliphatic carbocycles. The number of halogens is 1. The second-order valence-corrected chi connectivity index (χ2v) is 6.91. The second kappa shape index (κ2) is 5.81. The van der Waals surface area contributed by atoms with E-state index in [2.05, 4.69) is 5.10 Å². The summed E-state index contributed by atoms with van der Waals surface area (Å²) in [5, 5.41) is 4.16. The molecule has 102 valence electrons. The molecule has 1 aromatic rings. The van der Waals surface area contributed by atoms with Crippen molar-refractivity contribution in [3.05, 3.63) is 16.9 Å². The highest BCUT2D eigenvalue weighted by atomic mass is 35.5. The Morgan fingerprint density at radius 3 is 2.61 bits per heavy atom. The summed E-state index contributed by atoms with van der Waals surface area (Å²) < 4.78 is 23.7. The fourth-order valence-corrected chi connectivity index (χ4v) is 2.27. The van der Waals surface area contributed by atoms with Crippen LogP contribution in [0.2, 0.25) is 5.02 Å². The van der Waals surface area contributed by atoms with E-state index in [9.17, 15) is 13.2 Å². The van der Waals surface area contributed by atoms with Crippen LogP contribution in [-0.4, -0.2) is 61.5 Å². The van der Waals surface area contributed by atoms with Gasteiger partial charge < -0.3 is 4.90 Å². The lowest BCUT2D eigenvalue weighted by atomic mass is 10.3. The van der Waals surface area contributed by atoms with E-state index in [1.54, 1.807) is 0 Å². The minimum absolute atomic E-state index is 0.156. The van der Waals surface area contributed by atoms with Crippen LogP contribution in [0.25, 0.3) is 0 Å². The quantitative estimate of drug-likeness (QED) is 0.707. The van der Waals surface area contributed by atoms with E-state index < -0.39 is 21.4 Å². The Kier molecular flexibility index (Phi) is 4.89. The molecule has 1 aromatic heterocycles. The number of hydrogen-bond donors (Lipinski definition) is 0. The van der Waals surface area contributed by atoms with Crippen LogP contribution in [0, 0.1) is 0 Å². The highest BCUT2D eigenvalue weighted by molar-refractivity contribution is 7.91. The summed E-state index contributed by atoms with van der Waals surface area (Å²) >= 11 is 5.87. The highest BCUT2D eigenvalue weighted by Crippen LogP contribution is 2.16. The topological polar surface area (TPSA) is 72.3 Å². The van der Waals surface area contributed by atoms with Gasteiger partial charge in [0.25, 0.3) is 0 Å². The number of ketones is 1. The van der Waals surface area contributed by atoms with Gasteiger partial charge in [-0.3, -0.25) is 9.48 Å². The lowest BCUT2D eigenvalue weighted by Crippen LogP contribution is -2.24. The molecule has 0 aliphatic heterocycles. The zero-order valence-electron chi connectivity index (χ0n) is 10.6. The first kappa shape index (κ1) is 15.1. The Morgan fingerprint density at radius 1 is 1.50 bits per heavy atom. The number of sulfone groups is 1. The zero-order chi connectivity index (χ0) is 13.9. The summed E-state index contributed by atoms with van der Waals surface area (Å²) in [4.78, 5) is 13.8. The Hall–Kier alpha value is -0.920. The molecule has 0 radical (unpaired) electrons. The van der Waals surface area contributed by atoms with Gasteiger partial charge in [0, 0.05) is 12.8 Å². The molecule has 8 heteroatoms. The number of Topliss-reactive ketones (excluding diaryl/α,β-unsaturated/α-hetero) is 1. The Balaban J connectivity index is 2.93. The molecule has 0 bridgehead atoms. The SMILES string of the molecule is CN(C)CCn1ncc(Cl)c1C(=O)CS(C)(=O)=O. The van der Waals surface area contributed by atoms with Crippen LogP contribution >= 0.6 is 11.6 Å². The van der Waals surface area contributed by atoms with Crippen molar-refractivity contribution in [1.29, 1.82) is 0 Å². The minimum Gasteiger partial charge on any atom is -0.308 e. The zero-order valence-corrected chi connectivity index (χ0v) is 12.1. The predicted molar refractivity (Wildman–Crippen MR) is 69.8 cm³/mol. The molecule has 0 unspecified atom stereocenters. The number of likely N-dealkylation sites (N-methyl/N-ethyl adjacent to an activating group) is 1. The van der Waals surface area contributed by atoms with Gasteiger partial charge in [0.1, 0.15) is 11.4 Å². The minimum atomic E-state index is -3.37. The number of aromatic nitrogens is 2. The number of carbonyl (C=O) groups is 1. The fraction of sp³-hybridized carbons (Fsp3) is 0.600. The molecular weight excluding hydrogens is 278 g/mol. The van der Waals surface area contributed by atoms with Crippen LogP contribution in [0.3, 0.4) is 0 Å². The van der Waals surface area contributed by atoms with Gasteiger partial charge in [0.05, 0.1) is 17.8 Å². The molecule has 0 saturated heterocycles. The standard InChI is InChI=1S/C10H16ClN3O3S/c1-13(2)4-5-14-10(8(11)6-12-14)9(15)7-18(3,16)17/h6H,4-5,7H2,1-3H3. The molecule has 1 heterocycles. The first-order valence-corrected chi connectivity index (χ1v) is 7.71. The van der Waals surface area contributed by atoms with Crippen molar-refractivity contribution in [2.45, 2.75) is 6.54 Å². The molecule has 0 atom stereocenters. The fourth-order valence-electron chi connectivity index (χ4n) is 1.41. The average molecular weight is 294 g/mol. The van der Waals surface area contributed by atoms with E-state index in [1.165, 1.54) is 10.9 Å². The Morgan fingerprint density at radius 2 is 2.11 bits per heavy atom. The summed E-state index contributed by atoms with van der Waals surface area (Å²) in [5.74, 6) is -1.08. The lowest BCUT2D eigenvalue weighted by Gasteiger charge is -2.11. The van der Waals surface area contributed by atoms with E-state index >= 15 is 0 Å². The monoisotopic (exact) mass is 293 g/mol. The van der Waals surface area contributed by atoms with E-state index in [0.29, 0.717) is 13.1 Å². The van der Waals surface area contributed by atoms with Gasteiger partial charge >= 0.3 is 0 Å². The van der Waals surface area contributed by atoms with Crippen LogP contribution in [0.4, 0.5) is 0 Å². The van der Waals surface area contributed by atoms with Crippen molar-refractivity contribution in [2.24, 2.45) is 0 Å². The average Bonchev–Trinajstić information content (AvgIpc) is 2.53. The van der Waals surface area contributed by atoms with Crippen molar-refractivity contribution < 1.29 is 13.2 Å². The maximum absolute atomic E-state index is 11.9. The van der Waals surface area contributed by atoms with Crippen molar-refractivity contribution in [3.8, 4) is 0 Å². The van der Waals surface area contributed by atoms with E-state index in [1.807, 2.05) is 19.0 Å². The Labute approximate surface area is 111 Å². The summed E-state index contributed by atoms with van der Waals surface area (Å²) in [6.07, 6.45) is 2.37. The molecule has 0 saturated carbocycles. The van der Waals surface area contributed by atoms with E-state index in [0.717, 1.165) is 6.26 Å². The van der Waals surface area contributed by atoms with Crippen LogP contribution in [-0.2, 0) is 16.4 Å². The van der Waals surface area contributed by atoms with Crippen molar-refractivity contribution in [2.75, 3.05) is 32.6 Å². The molecule has 0 aromatic carbocycles. The third-order valence-electron chi connectivity index (χ3n) is 2.21. The van der Waals surface area contributed by atoms with Crippen molar-refractivity contribution >= 4 is 27.2 Å². The first-order valence-electron chi connectivity index (χ1n) is 5.27. The molecule has 1 rings (SSSR count). The molecular formula is C10H16ClN3O3S. The van der Waals surface area contributed by atoms with E-state index in [-0.39, 0.29) is 10.7 Å². The van der Waals surface area contributed by atoms with E-state index in [4.69, 9.17) is 11.6 Å². The number of hydrogen-bond acceptors (Lipinski definition) is 5. The summed E-state index contributed by atoms with van der Waals surface area (Å²) in [6.45, 7) is 1.15. The van der Waals surface area contributed by atoms with Gasteiger partial charge in [-0.1, -0.05) is 11.6 Å². The third kappa shape index (κ3) is 4.40. The molecule has 0 amide bonds. The van der Waals surface area contributed by atoms with Crippen molar-refractivity contribution in [3.63, 3.8) is 0 Å². The maximum Gasteiger partial charge on any atom is 0.197 e. The molecule has 0 aliphatic rings. The van der Waals surface area contributed by atoms with Crippen LogP contribution in [0.1, 0.15) is 10.5 Å². The van der Waals surface area contributed by atoms with Crippen LogP contribution in [0.5, 0.6) is 0 Å². The molecule has 18 heavy (non-hydrogen) atoms. The maximum atomic E-state index is 11.9. The molecule has 0 fully saturated rings. The normalized spacial score (nSPS) is 12.1. The van der Waals surface area contributed by atoms with Crippen molar-refractivity contribution in [1.82, 2.24) is 14.7 Å². The largest absolute Gasteiger partial charge is 0.308 e. The molecule has 0 spiro atoms. The van der Waals surface area contributed by atoms with Gasteiger partial charge in [-0.15, -0.1) is 0 Å². The summed E-state index contributed by atoms with van der Waals surface area (Å²) in [6, 6.07) is 0. The van der Waals surface area contributed by atoms with Gasteiger partial charge in [-0.05, 0) is 14.1 Å². The smallest absolute Gasteiger partial charge is 0.197 e. The summed E-state index contributed by atoms with van der Waals surface area (Å²) in [7, 11) is 0.410. The van der Waals surface area contributed by atoms with Gasteiger partial charge in [-0.25, -0.2) is 8.42 Å². The first-order chi connectivity index (χ1) is 8.20. The third-order valence-corrected chi connectivity index (χ3v) is 3.27. The van der Waals surface area contributed by atoms with Crippen LogP contribution < -0.4 is 0 Å².